The van der Waals surface area contributed by atoms with Crippen LogP contribution in [-0.4, -0.2) is 109 Å². The summed E-state index contributed by atoms with van der Waals surface area (Å²) >= 11 is 7.43. The fourth-order valence-corrected chi connectivity index (χ4v) is 8.37. The highest BCUT2D eigenvalue weighted by Gasteiger charge is 2.46. The van der Waals surface area contributed by atoms with Gasteiger partial charge in [-0.05, 0) is 68.5 Å². The number of anilines is 2. The Balaban J connectivity index is 0.801. The molecule has 3 aliphatic rings. The van der Waals surface area contributed by atoms with Crippen LogP contribution >= 0.6 is 22.9 Å². The summed E-state index contributed by atoms with van der Waals surface area (Å²) in [4.78, 5) is 74.1. The fraction of sp³-hybridized carbons (Fsp3) is 0.419. The molecular weight excluding hydrogens is 847 g/mol. The summed E-state index contributed by atoms with van der Waals surface area (Å²) in [5.74, 6) is -2.17. The van der Waals surface area contributed by atoms with Gasteiger partial charge in [-0.3, -0.25) is 34.2 Å². The van der Waals surface area contributed by atoms with Crippen molar-refractivity contribution in [3.05, 3.63) is 93.8 Å². The Morgan fingerprint density at radius 1 is 0.887 bits per heavy atom. The molecule has 5 amide bonds. The van der Waals surface area contributed by atoms with E-state index in [1.54, 1.807) is 30.5 Å². The number of thiazole rings is 1. The van der Waals surface area contributed by atoms with Crippen molar-refractivity contribution in [2.45, 2.75) is 57.1 Å². The number of fused-ring (bicyclic) bond motifs is 1. The second kappa shape index (κ2) is 21.0. The summed E-state index contributed by atoms with van der Waals surface area (Å²) in [7, 11) is 0. The van der Waals surface area contributed by atoms with Crippen molar-refractivity contribution in [1.82, 2.24) is 25.5 Å². The van der Waals surface area contributed by atoms with Gasteiger partial charge in [-0.25, -0.2) is 14.4 Å². The third kappa shape index (κ3) is 10.9. The average molecular weight is 893 g/mol. The van der Waals surface area contributed by atoms with Crippen molar-refractivity contribution in [2.75, 3.05) is 58.1 Å². The number of benzene rings is 2. The van der Waals surface area contributed by atoms with Gasteiger partial charge in [0.05, 0.1) is 67.3 Å². The summed E-state index contributed by atoms with van der Waals surface area (Å²) in [6.07, 6.45) is 3.98. The van der Waals surface area contributed by atoms with Crippen LogP contribution in [0.15, 0.2) is 66.2 Å². The van der Waals surface area contributed by atoms with E-state index in [4.69, 9.17) is 40.3 Å². The Morgan fingerprint density at radius 2 is 1.60 bits per heavy atom. The largest absolute Gasteiger partial charge is 0.490 e. The van der Waals surface area contributed by atoms with E-state index >= 15 is 0 Å². The number of amides is 5. The van der Waals surface area contributed by atoms with Crippen LogP contribution in [0.3, 0.4) is 0 Å². The second-order valence-corrected chi connectivity index (χ2v) is 16.2. The monoisotopic (exact) mass is 892 g/mol. The van der Waals surface area contributed by atoms with Crippen LogP contribution in [0.5, 0.6) is 11.5 Å². The van der Waals surface area contributed by atoms with Crippen molar-refractivity contribution in [2.24, 2.45) is 5.41 Å². The molecule has 1 aliphatic carbocycles. The van der Waals surface area contributed by atoms with Gasteiger partial charge in [-0.1, -0.05) is 29.8 Å². The number of hydrogen-bond acceptors (Lipinski definition) is 14. The van der Waals surface area contributed by atoms with Crippen LogP contribution in [0.25, 0.3) is 0 Å². The molecule has 62 heavy (non-hydrogen) atoms. The molecule has 2 aromatic heterocycles. The minimum absolute atomic E-state index is 0.0101. The maximum Gasteiger partial charge on any atom is 0.266 e. The molecule has 0 bridgehead atoms. The van der Waals surface area contributed by atoms with Crippen LogP contribution < -0.4 is 25.4 Å². The van der Waals surface area contributed by atoms with E-state index in [1.165, 1.54) is 23.5 Å². The zero-order valence-corrected chi connectivity index (χ0v) is 35.3. The Hall–Kier alpha value is -5.53. The minimum atomic E-state index is -1.06. The Bertz CT molecular complexity index is 2240. The van der Waals surface area contributed by atoms with Gasteiger partial charge in [0.1, 0.15) is 24.2 Å². The molecule has 1 saturated carbocycles. The first-order valence-corrected chi connectivity index (χ1v) is 21.6. The number of hydrogen-bond donors (Lipinski definition) is 3. The molecule has 0 radical (unpaired) electrons. The van der Waals surface area contributed by atoms with Crippen LogP contribution in [0.2, 0.25) is 5.02 Å². The first-order valence-electron chi connectivity index (χ1n) is 20.3. The molecule has 328 valence electrons. The highest BCUT2D eigenvalue weighted by molar-refractivity contribution is 7.13. The molecule has 19 heteroatoms. The first-order chi connectivity index (χ1) is 30.1. The smallest absolute Gasteiger partial charge is 0.266 e. The number of carbonyl (C=O) groups is 5. The Kier molecular flexibility index (Phi) is 15.1. The van der Waals surface area contributed by atoms with Gasteiger partial charge < -0.3 is 34.3 Å². The van der Waals surface area contributed by atoms with E-state index in [9.17, 15) is 28.4 Å². The lowest BCUT2D eigenvalue weighted by Crippen LogP contribution is -2.54. The molecular formula is C43H46ClFN6O10S. The average Bonchev–Trinajstić information content (AvgIpc) is 3.87. The van der Waals surface area contributed by atoms with Crippen molar-refractivity contribution in [1.29, 1.82) is 0 Å². The summed E-state index contributed by atoms with van der Waals surface area (Å²) in [5.41, 5.74) is 0.186. The van der Waals surface area contributed by atoms with E-state index in [2.05, 4.69) is 20.9 Å². The van der Waals surface area contributed by atoms with Crippen molar-refractivity contribution >= 4 is 63.4 Å². The maximum atomic E-state index is 14.6. The summed E-state index contributed by atoms with van der Waals surface area (Å²) in [6.45, 7) is 2.00. The van der Waals surface area contributed by atoms with Crippen LogP contribution in [0.4, 0.5) is 15.3 Å². The lowest BCUT2D eigenvalue weighted by molar-refractivity contribution is -0.136. The van der Waals surface area contributed by atoms with E-state index in [0.29, 0.717) is 62.9 Å². The lowest BCUT2D eigenvalue weighted by atomic mass is 9.69. The van der Waals surface area contributed by atoms with Crippen molar-refractivity contribution < 1.29 is 52.0 Å². The number of nitrogens with zero attached hydrogens (tertiary/aromatic N) is 3. The van der Waals surface area contributed by atoms with E-state index < -0.39 is 40.9 Å². The van der Waals surface area contributed by atoms with Gasteiger partial charge in [0, 0.05) is 36.7 Å². The van der Waals surface area contributed by atoms with Crippen molar-refractivity contribution in [3.63, 3.8) is 0 Å². The normalized spacial score (nSPS) is 19.9. The van der Waals surface area contributed by atoms with E-state index in [-0.39, 0.29) is 85.5 Å². The SMILES string of the molecule is O=C1CCC(N2C(=O)c3cccc(OCCOCCOCCOCCNC(=O)C4(Cc5cccc(Nc6nccs6)n5)CCC(Oc5cccc(Cl)c5F)CC4)c3C2=O)C(=O)N1. The summed E-state index contributed by atoms with van der Waals surface area (Å²) in [6, 6.07) is 13.9. The molecule has 2 fully saturated rings. The standard InChI is InChI=1S/C43H46ClFN6O10S/c44-30-6-3-8-33(37(30)45)61-28-12-14-43(15-13-28,26-27-4-1-9-34(48-27)49-42-47-17-25-62-42)41(56)46-16-18-57-19-20-58-21-22-59-23-24-60-32-7-2-5-29-36(32)40(55)51(39(29)54)31-10-11-35(52)50-38(31)53/h1-9,17,25,28,31H,10-16,18-24,26H2,(H,46,56)(H,47,48,49)(H,50,52,53). The third-order valence-corrected chi connectivity index (χ3v) is 11.7. The predicted octanol–water partition coefficient (Wildman–Crippen LogP) is 5.27. The number of pyridine rings is 1. The first kappa shape index (κ1) is 44.5. The highest BCUT2D eigenvalue weighted by atomic mass is 35.5. The fourth-order valence-electron chi connectivity index (χ4n) is 7.67. The second-order valence-electron chi connectivity index (χ2n) is 14.9. The van der Waals surface area contributed by atoms with Crippen LogP contribution in [0, 0.1) is 11.2 Å². The zero-order valence-electron chi connectivity index (χ0n) is 33.7. The number of imide groups is 2. The van der Waals surface area contributed by atoms with Gasteiger partial charge >= 0.3 is 0 Å². The third-order valence-electron chi connectivity index (χ3n) is 10.8. The van der Waals surface area contributed by atoms with E-state index in [0.717, 1.165) is 10.6 Å². The lowest BCUT2D eigenvalue weighted by Gasteiger charge is -2.39. The summed E-state index contributed by atoms with van der Waals surface area (Å²) in [5, 5.41) is 11.0. The number of carbonyl (C=O) groups excluding carboxylic acids is 5. The molecule has 1 unspecified atom stereocenters. The number of aromatic nitrogens is 2. The van der Waals surface area contributed by atoms with Crippen LogP contribution in [-0.2, 0) is 35.0 Å². The molecule has 4 heterocycles. The predicted molar refractivity (Wildman–Crippen MR) is 224 cm³/mol. The van der Waals surface area contributed by atoms with E-state index in [1.807, 2.05) is 23.6 Å². The molecule has 2 aromatic carbocycles. The van der Waals surface area contributed by atoms with Gasteiger partial charge in [0.15, 0.2) is 16.7 Å². The molecule has 16 nitrogen and oxygen atoms in total. The Labute approximate surface area is 365 Å². The molecule has 2 aliphatic heterocycles. The molecule has 7 rings (SSSR count). The topological polar surface area (TPSA) is 197 Å². The zero-order chi connectivity index (χ0) is 43.5. The van der Waals surface area contributed by atoms with Crippen LogP contribution in [0.1, 0.15) is 64.9 Å². The number of piperidine rings is 1. The van der Waals surface area contributed by atoms with Gasteiger partial charge in [0.25, 0.3) is 11.8 Å². The molecule has 1 saturated heterocycles. The molecule has 3 N–H and O–H groups in total. The maximum absolute atomic E-state index is 14.6. The summed E-state index contributed by atoms with van der Waals surface area (Å²) < 4.78 is 43.3. The number of ether oxygens (including phenoxy) is 5. The van der Waals surface area contributed by atoms with Gasteiger partial charge in [-0.2, -0.15) is 0 Å². The molecule has 1 atom stereocenters. The number of halogens is 2. The number of nitrogens with one attached hydrogen (secondary N) is 3. The Morgan fingerprint density at radius 3 is 2.34 bits per heavy atom. The minimum Gasteiger partial charge on any atom is -0.490 e. The van der Waals surface area contributed by atoms with Gasteiger partial charge in [0.2, 0.25) is 17.7 Å². The highest BCUT2D eigenvalue weighted by Crippen LogP contribution is 2.41. The van der Waals surface area contributed by atoms with Crippen molar-refractivity contribution in [3.8, 4) is 11.5 Å². The van der Waals surface area contributed by atoms with Gasteiger partial charge in [-0.15, -0.1) is 11.3 Å². The molecule has 0 spiro atoms. The number of rotatable bonds is 21. The quantitative estimate of drug-likeness (QED) is 0.0724. The molecule has 4 aromatic rings.